The Balaban J connectivity index is 1.44. The molecule has 1 aromatic carbocycles. The normalized spacial score (nSPS) is 16.4. The smallest absolute Gasteiger partial charge is 0.226 e. The average molecular weight is 486 g/mol. The Kier molecular flexibility index (Phi) is 6.94. The summed E-state index contributed by atoms with van der Waals surface area (Å²) in [6, 6.07) is 6.93. The van der Waals surface area contributed by atoms with E-state index in [1.807, 2.05) is 0 Å². The van der Waals surface area contributed by atoms with Gasteiger partial charge in [-0.3, -0.25) is 4.79 Å². The van der Waals surface area contributed by atoms with Crippen molar-refractivity contribution in [2.24, 2.45) is 0 Å². The lowest BCUT2D eigenvalue weighted by atomic mass is 10.0. The van der Waals surface area contributed by atoms with Crippen LogP contribution in [0.4, 0.5) is 10.7 Å². The van der Waals surface area contributed by atoms with Crippen molar-refractivity contribution in [3.8, 4) is 10.6 Å². The van der Waals surface area contributed by atoms with Gasteiger partial charge in [0.1, 0.15) is 10.0 Å². The summed E-state index contributed by atoms with van der Waals surface area (Å²) in [5.74, 6) is 0.0478. The van der Waals surface area contributed by atoms with Crippen LogP contribution in [0.15, 0.2) is 18.2 Å². The fraction of sp³-hybridized carbons (Fsp3) is 0.500. The summed E-state index contributed by atoms with van der Waals surface area (Å²) in [6.07, 6.45) is 1.42. The first kappa shape index (κ1) is 22.7. The standard InChI is InChI=1S/C24H31N5O2S2/c1-15(2)26-8-6-21(30)28-24-22(17-5-7-25-14-20(17)33-24)23-27-18-13-16(3-4-19(18)32-23)29-9-11-31-12-10-29/h3-4,13,15,25-26H,5-12,14H2,1-2H3,(H,28,30). The fourth-order valence-corrected chi connectivity index (χ4v) is 6.68. The Hall–Kier alpha value is -2.04. The molecule has 1 fully saturated rings. The van der Waals surface area contributed by atoms with Gasteiger partial charge in [-0.2, -0.15) is 0 Å². The molecule has 33 heavy (non-hydrogen) atoms. The van der Waals surface area contributed by atoms with Gasteiger partial charge in [0.15, 0.2) is 0 Å². The molecule has 9 heteroatoms. The molecule has 5 rings (SSSR count). The van der Waals surface area contributed by atoms with E-state index in [1.54, 1.807) is 22.7 Å². The topological polar surface area (TPSA) is 78.5 Å². The number of ether oxygens (including phenoxy) is 1. The van der Waals surface area contributed by atoms with Gasteiger partial charge >= 0.3 is 0 Å². The SMILES string of the molecule is CC(C)NCCC(=O)Nc1sc2c(c1-c1nc3cc(N4CCOCC4)ccc3s1)CCNC2. The first-order valence-corrected chi connectivity index (χ1v) is 13.3. The molecule has 0 unspecified atom stereocenters. The number of morpholine rings is 1. The number of amides is 1. The number of carbonyl (C=O) groups excluding carboxylic acids is 1. The highest BCUT2D eigenvalue weighted by atomic mass is 32.1. The van der Waals surface area contributed by atoms with Crippen molar-refractivity contribution in [3.05, 3.63) is 28.6 Å². The molecule has 3 aromatic rings. The monoisotopic (exact) mass is 485 g/mol. The highest BCUT2D eigenvalue weighted by Gasteiger charge is 2.25. The molecule has 0 saturated carbocycles. The van der Waals surface area contributed by atoms with E-state index in [-0.39, 0.29) is 5.91 Å². The van der Waals surface area contributed by atoms with E-state index in [2.05, 4.69) is 52.9 Å². The molecule has 1 saturated heterocycles. The van der Waals surface area contributed by atoms with Gasteiger partial charge in [0.2, 0.25) is 5.91 Å². The summed E-state index contributed by atoms with van der Waals surface area (Å²) < 4.78 is 6.67. The van der Waals surface area contributed by atoms with Gasteiger partial charge in [-0.15, -0.1) is 22.7 Å². The van der Waals surface area contributed by atoms with Crippen LogP contribution in [0.25, 0.3) is 20.8 Å². The third-order valence-electron chi connectivity index (χ3n) is 6.05. The van der Waals surface area contributed by atoms with Crippen LogP contribution in [0.2, 0.25) is 0 Å². The Labute approximate surface area is 202 Å². The van der Waals surface area contributed by atoms with E-state index >= 15 is 0 Å². The van der Waals surface area contributed by atoms with Gasteiger partial charge in [0.25, 0.3) is 0 Å². The molecule has 2 aromatic heterocycles. The number of nitrogens with zero attached hydrogens (tertiary/aromatic N) is 2. The lowest BCUT2D eigenvalue weighted by Crippen LogP contribution is -2.36. The molecular formula is C24H31N5O2S2. The van der Waals surface area contributed by atoms with Crippen LogP contribution < -0.4 is 20.9 Å². The summed E-state index contributed by atoms with van der Waals surface area (Å²) in [6.45, 7) is 10.0. The first-order chi connectivity index (χ1) is 16.1. The van der Waals surface area contributed by atoms with Crippen molar-refractivity contribution in [1.29, 1.82) is 0 Å². The third-order valence-corrected chi connectivity index (χ3v) is 8.25. The molecule has 0 bridgehead atoms. The largest absolute Gasteiger partial charge is 0.378 e. The van der Waals surface area contributed by atoms with Crippen LogP contribution >= 0.6 is 22.7 Å². The second-order valence-electron chi connectivity index (χ2n) is 8.81. The zero-order valence-corrected chi connectivity index (χ0v) is 20.8. The number of aromatic nitrogens is 1. The molecule has 4 heterocycles. The molecule has 0 radical (unpaired) electrons. The second kappa shape index (κ2) is 10.1. The van der Waals surface area contributed by atoms with Gasteiger partial charge in [-0.05, 0) is 36.7 Å². The van der Waals surface area contributed by atoms with Crippen LogP contribution in [0.1, 0.15) is 30.7 Å². The van der Waals surface area contributed by atoms with Crippen LogP contribution in [0, 0.1) is 0 Å². The number of benzene rings is 1. The van der Waals surface area contributed by atoms with Gasteiger partial charge in [0.05, 0.1) is 23.4 Å². The second-order valence-corrected chi connectivity index (χ2v) is 10.9. The van der Waals surface area contributed by atoms with Crippen LogP contribution in [0.5, 0.6) is 0 Å². The van der Waals surface area contributed by atoms with Crippen LogP contribution in [-0.4, -0.2) is 56.3 Å². The molecule has 3 N–H and O–H groups in total. The molecule has 0 atom stereocenters. The lowest BCUT2D eigenvalue weighted by Gasteiger charge is -2.28. The number of hydrogen-bond donors (Lipinski definition) is 3. The predicted molar refractivity (Wildman–Crippen MR) is 138 cm³/mol. The van der Waals surface area contributed by atoms with E-state index in [0.717, 1.165) is 66.9 Å². The minimum atomic E-state index is 0.0478. The average Bonchev–Trinajstić information content (AvgIpc) is 3.39. The number of rotatable bonds is 7. The number of fused-ring (bicyclic) bond motifs is 2. The first-order valence-electron chi connectivity index (χ1n) is 11.7. The van der Waals surface area contributed by atoms with Crippen molar-refractivity contribution < 1.29 is 9.53 Å². The van der Waals surface area contributed by atoms with Gasteiger partial charge in [0, 0.05) is 54.8 Å². The summed E-state index contributed by atoms with van der Waals surface area (Å²) in [4.78, 5) is 21.4. The van der Waals surface area contributed by atoms with Gasteiger partial charge in [-0.25, -0.2) is 4.98 Å². The van der Waals surface area contributed by atoms with E-state index in [0.29, 0.717) is 19.0 Å². The maximum atomic E-state index is 12.7. The number of thiazole rings is 1. The maximum absolute atomic E-state index is 12.7. The number of hydrogen-bond acceptors (Lipinski definition) is 8. The van der Waals surface area contributed by atoms with Crippen LogP contribution in [-0.2, 0) is 22.5 Å². The Morgan fingerprint density at radius 2 is 2.12 bits per heavy atom. The number of carbonyl (C=O) groups is 1. The minimum Gasteiger partial charge on any atom is -0.378 e. The minimum absolute atomic E-state index is 0.0478. The molecule has 0 spiro atoms. The highest BCUT2D eigenvalue weighted by molar-refractivity contribution is 7.23. The Bertz CT molecular complexity index is 1130. The maximum Gasteiger partial charge on any atom is 0.226 e. The van der Waals surface area contributed by atoms with E-state index < -0.39 is 0 Å². The molecule has 2 aliphatic heterocycles. The molecule has 1 amide bonds. The molecule has 7 nitrogen and oxygen atoms in total. The molecule has 176 valence electrons. The highest BCUT2D eigenvalue weighted by Crippen LogP contribution is 2.45. The van der Waals surface area contributed by atoms with Crippen molar-refractivity contribution in [3.63, 3.8) is 0 Å². The summed E-state index contributed by atoms with van der Waals surface area (Å²) >= 11 is 3.40. The van der Waals surface area contributed by atoms with Crippen molar-refractivity contribution in [1.82, 2.24) is 15.6 Å². The van der Waals surface area contributed by atoms with Crippen molar-refractivity contribution >= 4 is 49.5 Å². The molecule has 0 aliphatic carbocycles. The van der Waals surface area contributed by atoms with Crippen LogP contribution in [0.3, 0.4) is 0 Å². The predicted octanol–water partition coefficient (Wildman–Crippen LogP) is 3.83. The summed E-state index contributed by atoms with van der Waals surface area (Å²) in [5.41, 5.74) is 4.68. The fourth-order valence-electron chi connectivity index (χ4n) is 4.35. The van der Waals surface area contributed by atoms with Crippen molar-refractivity contribution in [2.75, 3.05) is 49.6 Å². The number of thiophene rings is 1. The zero-order valence-electron chi connectivity index (χ0n) is 19.2. The van der Waals surface area contributed by atoms with Gasteiger partial charge < -0.3 is 25.6 Å². The van der Waals surface area contributed by atoms with Crippen molar-refractivity contribution in [2.45, 2.75) is 39.3 Å². The van der Waals surface area contributed by atoms with E-state index in [1.165, 1.54) is 20.8 Å². The van der Waals surface area contributed by atoms with Gasteiger partial charge in [-0.1, -0.05) is 13.8 Å². The quantitative estimate of drug-likeness (QED) is 0.472. The molecular weight excluding hydrogens is 454 g/mol. The molecule has 2 aliphatic rings. The Morgan fingerprint density at radius 3 is 2.94 bits per heavy atom. The zero-order chi connectivity index (χ0) is 22.8. The lowest BCUT2D eigenvalue weighted by molar-refractivity contribution is -0.116. The number of nitrogens with one attached hydrogen (secondary N) is 3. The van der Waals surface area contributed by atoms with E-state index in [9.17, 15) is 4.79 Å². The summed E-state index contributed by atoms with van der Waals surface area (Å²) in [5, 5.41) is 11.9. The third kappa shape index (κ3) is 5.07. The number of anilines is 2. The summed E-state index contributed by atoms with van der Waals surface area (Å²) in [7, 11) is 0. The van der Waals surface area contributed by atoms with E-state index in [4.69, 9.17) is 9.72 Å². The Morgan fingerprint density at radius 1 is 1.27 bits per heavy atom.